The maximum absolute atomic E-state index is 11.7. The molecule has 0 amide bonds. The summed E-state index contributed by atoms with van der Waals surface area (Å²) < 4.78 is 31.2. The van der Waals surface area contributed by atoms with E-state index in [1.807, 2.05) is 30.3 Å². The molecule has 2 aromatic rings. The summed E-state index contributed by atoms with van der Waals surface area (Å²) in [5.41, 5.74) is 7.31. The number of benzene rings is 2. The SMILES string of the molecule is CNS(=O)(=O)c1ccc(OCCc2ccccc2)c(N)c1. The predicted octanol–water partition coefficient (Wildman–Crippen LogP) is 1.80. The van der Waals surface area contributed by atoms with E-state index in [4.69, 9.17) is 10.5 Å². The molecule has 6 heteroatoms. The second-order valence-corrected chi connectivity index (χ2v) is 6.38. The van der Waals surface area contributed by atoms with E-state index in [1.54, 1.807) is 6.07 Å². The zero-order valence-electron chi connectivity index (χ0n) is 11.7. The second kappa shape index (κ2) is 6.60. The Kier molecular flexibility index (Phi) is 4.82. The average Bonchev–Trinajstić information content (AvgIpc) is 2.50. The minimum absolute atomic E-state index is 0.123. The van der Waals surface area contributed by atoms with Crippen LogP contribution in [-0.4, -0.2) is 22.1 Å². The molecule has 0 fully saturated rings. The Morgan fingerprint density at radius 1 is 1.14 bits per heavy atom. The molecule has 0 aliphatic carbocycles. The molecule has 0 saturated carbocycles. The highest BCUT2D eigenvalue weighted by Crippen LogP contribution is 2.24. The first-order valence-corrected chi connectivity index (χ1v) is 8.01. The van der Waals surface area contributed by atoms with Crippen molar-refractivity contribution in [3.05, 3.63) is 54.1 Å². The fraction of sp³-hybridized carbons (Fsp3) is 0.200. The number of nitrogens with one attached hydrogen (secondary N) is 1. The van der Waals surface area contributed by atoms with Gasteiger partial charge in [0.25, 0.3) is 0 Å². The van der Waals surface area contributed by atoms with Crippen molar-refractivity contribution in [2.45, 2.75) is 11.3 Å². The first kappa shape index (κ1) is 15.3. The summed E-state index contributed by atoms with van der Waals surface area (Å²) in [6.45, 7) is 0.479. The van der Waals surface area contributed by atoms with E-state index >= 15 is 0 Å². The summed E-state index contributed by atoms with van der Waals surface area (Å²) in [5.74, 6) is 0.487. The number of hydrogen-bond donors (Lipinski definition) is 2. The summed E-state index contributed by atoms with van der Waals surface area (Å²) in [7, 11) is -2.13. The highest BCUT2D eigenvalue weighted by Gasteiger charge is 2.13. The van der Waals surface area contributed by atoms with E-state index in [2.05, 4.69) is 4.72 Å². The van der Waals surface area contributed by atoms with Gasteiger partial charge in [0.1, 0.15) is 5.75 Å². The minimum atomic E-state index is -3.49. The van der Waals surface area contributed by atoms with Crippen molar-refractivity contribution in [3.63, 3.8) is 0 Å². The van der Waals surface area contributed by atoms with Gasteiger partial charge in [0.05, 0.1) is 17.2 Å². The van der Waals surface area contributed by atoms with Crippen molar-refractivity contribution >= 4 is 15.7 Å². The van der Waals surface area contributed by atoms with Gasteiger partial charge in [0.15, 0.2) is 0 Å². The van der Waals surface area contributed by atoms with Crippen molar-refractivity contribution in [1.29, 1.82) is 0 Å². The van der Waals surface area contributed by atoms with Gasteiger partial charge in [-0.05, 0) is 30.8 Å². The topological polar surface area (TPSA) is 81.4 Å². The Hall–Kier alpha value is -2.05. The molecule has 2 aromatic carbocycles. The second-order valence-electron chi connectivity index (χ2n) is 4.49. The van der Waals surface area contributed by atoms with Gasteiger partial charge in [-0.25, -0.2) is 13.1 Å². The lowest BCUT2D eigenvalue weighted by Gasteiger charge is -2.10. The smallest absolute Gasteiger partial charge is 0.240 e. The van der Waals surface area contributed by atoms with Gasteiger partial charge < -0.3 is 10.5 Å². The lowest BCUT2D eigenvalue weighted by Crippen LogP contribution is -2.18. The highest BCUT2D eigenvalue weighted by molar-refractivity contribution is 7.89. The quantitative estimate of drug-likeness (QED) is 0.797. The van der Waals surface area contributed by atoms with E-state index in [1.165, 1.54) is 24.7 Å². The van der Waals surface area contributed by atoms with E-state index in [0.29, 0.717) is 18.0 Å². The Balaban J connectivity index is 2.02. The number of anilines is 1. The number of nitrogens with two attached hydrogens (primary N) is 1. The lowest BCUT2D eigenvalue weighted by atomic mass is 10.2. The van der Waals surface area contributed by atoms with Crippen LogP contribution in [0.3, 0.4) is 0 Å². The van der Waals surface area contributed by atoms with Crippen LogP contribution in [0.5, 0.6) is 5.75 Å². The molecule has 3 N–H and O–H groups in total. The van der Waals surface area contributed by atoms with Gasteiger partial charge in [0, 0.05) is 6.42 Å². The molecule has 0 aliphatic rings. The summed E-state index contributed by atoms with van der Waals surface area (Å²) in [6.07, 6.45) is 0.761. The number of hydrogen-bond acceptors (Lipinski definition) is 4. The maximum Gasteiger partial charge on any atom is 0.240 e. The number of sulfonamides is 1. The molecule has 0 aromatic heterocycles. The molecule has 21 heavy (non-hydrogen) atoms. The molecule has 2 rings (SSSR count). The molecule has 0 bridgehead atoms. The van der Waals surface area contributed by atoms with Crippen LogP contribution in [0.2, 0.25) is 0 Å². The molecule has 0 heterocycles. The summed E-state index contributed by atoms with van der Waals surface area (Å²) in [4.78, 5) is 0.123. The fourth-order valence-electron chi connectivity index (χ4n) is 1.87. The van der Waals surface area contributed by atoms with Gasteiger partial charge in [-0.1, -0.05) is 30.3 Å². The van der Waals surface area contributed by atoms with Crippen molar-refractivity contribution in [1.82, 2.24) is 4.72 Å². The van der Waals surface area contributed by atoms with Crippen LogP contribution in [0.1, 0.15) is 5.56 Å². The summed E-state index contributed by atoms with van der Waals surface area (Å²) in [5, 5.41) is 0. The largest absolute Gasteiger partial charge is 0.491 e. The molecule has 0 unspecified atom stereocenters. The standard InChI is InChI=1S/C15H18N2O3S/c1-17-21(18,19)13-7-8-15(14(16)11-13)20-10-9-12-5-3-2-4-6-12/h2-8,11,17H,9-10,16H2,1H3. The highest BCUT2D eigenvalue weighted by atomic mass is 32.2. The van der Waals surface area contributed by atoms with Crippen LogP contribution in [0, 0.1) is 0 Å². The number of rotatable bonds is 6. The van der Waals surface area contributed by atoms with Crippen LogP contribution < -0.4 is 15.2 Å². The zero-order valence-corrected chi connectivity index (χ0v) is 12.6. The third kappa shape index (κ3) is 3.96. The van der Waals surface area contributed by atoms with Gasteiger partial charge in [-0.2, -0.15) is 0 Å². The van der Waals surface area contributed by atoms with E-state index < -0.39 is 10.0 Å². The Labute approximate surface area is 124 Å². The molecule has 5 nitrogen and oxygen atoms in total. The van der Waals surface area contributed by atoms with Crippen molar-refractivity contribution in [2.24, 2.45) is 0 Å². The molecule has 0 atom stereocenters. The minimum Gasteiger partial charge on any atom is -0.491 e. The van der Waals surface area contributed by atoms with Crippen LogP contribution in [-0.2, 0) is 16.4 Å². The lowest BCUT2D eigenvalue weighted by molar-refractivity contribution is 0.323. The Bertz CT molecular complexity index is 700. The summed E-state index contributed by atoms with van der Waals surface area (Å²) >= 11 is 0. The van der Waals surface area contributed by atoms with Gasteiger partial charge in [-0.3, -0.25) is 0 Å². The van der Waals surface area contributed by atoms with Gasteiger partial charge in [0.2, 0.25) is 10.0 Å². The van der Waals surface area contributed by atoms with Crippen LogP contribution >= 0.6 is 0 Å². The molecule has 0 spiro atoms. The molecular weight excluding hydrogens is 288 g/mol. The molecular formula is C15H18N2O3S. The number of ether oxygens (including phenoxy) is 1. The van der Waals surface area contributed by atoms with Gasteiger partial charge >= 0.3 is 0 Å². The summed E-state index contributed by atoms with van der Waals surface area (Å²) in [6, 6.07) is 14.4. The van der Waals surface area contributed by atoms with Gasteiger partial charge in [-0.15, -0.1) is 0 Å². The molecule has 0 radical (unpaired) electrons. The van der Waals surface area contributed by atoms with Crippen molar-refractivity contribution in [3.8, 4) is 5.75 Å². The van der Waals surface area contributed by atoms with Crippen LogP contribution in [0.4, 0.5) is 5.69 Å². The number of nitrogen functional groups attached to an aromatic ring is 1. The fourth-order valence-corrected chi connectivity index (χ4v) is 2.63. The van der Waals surface area contributed by atoms with Crippen LogP contribution in [0.15, 0.2) is 53.4 Å². The normalized spacial score (nSPS) is 11.3. The van der Waals surface area contributed by atoms with Crippen molar-refractivity contribution in [2.75, 3.05) is 19.4 Å². The van der Waals surface area contributed by atoms with E-state index in [-0.39, 0.29) is 4.90 Å². The third-order valence-corrected chi connectivity index (χ3v) is 4.46. The average molecular weight is 306 g/mol. The predicted molar refractivity (Wildman–Crippen MR) is 82.7 cm³/mol. The van der Waals surface area contributed by atoms with Crippen molar-refractivity contribution < 1.29 is 13.2 Å². The van der Waals surface area contributed by atoms with Crippen LogP contribution in [0.25, 0.3) is 0 Å². The molecule has 0 aliphatic heterocycles. The Morgan fingerprint density at radius 2 is 1.86 bits per heavy atom. The Morgan fingerprint density at radius 3 is 2.48 bits per heavy atom. The zero-order chi connectivity index (χ0) is 15.3. The molecule has 0 saturated heterocycles. The first-order chi connectivity index (χ1) is 10.0. The monoisotopic (exact) mass is 306 g/mol. The maximum atomic E-state index is 11.7. The third-order valence-electron chi connectivity index (χ3n) is 3.05. The van der Waals surface area contributed by atoms with E-state index in [9.17, 15) is 8.42 Å². The molecule has 112 valence electrons. The first-order valence-electron chi connectivity index (χ1n) is 6.53. The van der Waals surface area contributed by atoms with E-state index in [0.717, 1.165) is 6.42 Å².